The van der Waals surface area contributed by atoms with Crippen molar-refractivity contribution in [3.05, 3.63) is 27.7 Å². The van der Waals surface area contributed by atoms with Crippen molar-refractivity contribution in [1.82, 2.24) is 20.7 Å². The number of halogens is 2. The lowest BCUT2D eigenvalue weighted by molar-refractivity contribution is -0.166. The number of rotatable bonds is 8. The zero-order valence-electron chi connectivity index (χ0n) is 18.1. The molecule has 4 amide bonds. The Morgan fingerprint density at radius 2 is 1.85 bits per heavy atom. The number of nitrogens with zero attached hydrogens (tertiary/aromatic N) is 2. The third kappa shape index (κ3) is 6.14. The van der Waals surface area contributed by atoms with Crippen LogP contribution >= 0.6 is 23.2 Å². The van der Waals surface area contributed by atoms with Gasteiger partial charge in [0.05, 0.1) is 10.0 Å². The van der Waals surface area contributed by atoms with Crippen molar-refractivity contribution in [3.8, 4) is 5.75 Å². The van der Waals surface area contributed by atoms with Crippen molar-refractivity contribution < 1.29 is 39.0 Å². The van der Waals surface area contributed by atoms with Gasteiger partial charge in [0.2, 0.25) is 11.8 Å². The molecule has 1 unspecified atom stereocenters. The molecule has 0 aromatic heterocycles. The fraction of sp³-hybridized carbons (Fsp3) is 0.400. The maximum atomic E-state index is 13.2. The third-order valence-corrected chi connectivity index (χ3v) is 5.66. The summed E-state index contributed by atoms with van der Waals surface area (Å²) >= 11 is 11.7. The molecule has 5 N–H and O–H groups in total. The minimum absolute atomic E-state index is 0.0456. The number of hydrazine groups is 1. The number of carbonyl (C=O) groups excluding carboxylic acids is 6. The van der Waals surface area contributed by atoms with E-state index in [9.17, 15) is 33.9 Å². The van der Waals surface area contributed by atoms with Crippen LogP contribution in [0.15, 0.2) is 12.1 Å². The number of phenolic OH excluding ortho intramolecular Hbond substituents is 1. The number of aromatic hydroxyl groups is 1. The molecule has 1 heterocycles. The third-order valence-electron chi connectivity index (χ3n) is 5.08. The topological polar surface area (TPSA) is 176 Å². The van der Waals surface area contributed by atoms with Gasteiger partial charge >= 0.3 is 5.97 Å². The monoisotopic (exact) mass is 517 g/mol. The van der Waals surface area contributed by atoms with Gasteiger partial charge in [-0.3, -0.25) is 24.2 Å². The highest BCUT2D eigenvalue weighted by molar-refractivity contribution is 6.37. The summed E-state index contributed by atoms with van der Waals surface area (Å²) < 4.78 is 0. The number of phenols is 1. The molecule has 1 aliphatic heterocycles. The molecule has 2 rings (SSSR count). The summed E-state index contributed by atoms with van der Waals surface area (Å²) in [5.74, 6) is -4.38. The second-order valence-electron chi connectivity index (χ2n) is 7.51. The van der Waals surface area contributed by atoms with Gasteiger partial charge in [-0.1, -0.05) is 23.2 Å². The van der Waals surface area contributed by atoms with E-state index >= 15 is 0 Å². The van der Waals surface area contributed by atoms with Crippen molar-refractivity contribution >= 4 is 59.1 Å². The second kappa shape index (κ2) is 11.2. The normalized spacial score (nSPS) is 18.1. The van der Waals surface area contributed by atoms with E-state index in [1.807, 2.05) is 0 Å². The van der Waals surface area contributed by atoms with Gasteiger partial charge in [-0.15, -0.1) is 0 Å². The van der Waals surface area contributed by atoms with Gasteiger partial charge < -0.3 is 25.6 Å². The van der Waals surface area contributed by atoms with Crippen LogP contribution in [0.3, 0.4) is 0 Å². The Morgan fingerprint density at radius 1 is 1.26 bits per heavy atom. The molecule has 0 aliphatic carbocycles. The van der Waals surface area contributed by atoms with Gasteiger partial charge in [0.25, 0.3) is 11.8 Å². The fourth-order valence-corrected chi connectivity index (χ4v) is 3.74. The number of aldehydes is 1. The zero-order valence-corrected chi connectivity index (χ0v) is 19.6. The first kappa shape index (κ1) is 26.9. The molecule has 0 spiro atoms. The number of hydrogen-bond donors (Lipinski definition) is 3. The van der Waals surface area contributed by atoms with E-state index in [0.29, 0.717) is 0 Å². The molecule has 3 atom stereocenters. The maximum Gasteiger partial charge on any atom is 0.518 e. The lowest BCUT2D eigenvalue weighted by atomic mass is 10.1. The molecule has 1 aliphatic rings. The summed E-state index contributed by atoms with van der Waals surface area (Å²) in [7, 11) is 1.28. The second-order valence-corrected chi connectivity index (χ2v) is 8.32. The number of amides is 4. The summed E-state index contributed by atoms with van der Waals surface area (Å²) in [6.07, 6.45) is -0.462. The van der Waals surface area contributed by atoms with Gasteiger partial charge in [0, 0.05) is 23.8 Å². The summed E-state index contributed by atoms with van der Waals surface area (Å²) in [5, 5.41) is 22.8. The quantitative estimate of drug-likeness (QED) is 0.307. The van der Waals surface area contributed by atoms with E-state index in [2.05, 4.69) is 10.6 Å². The Bertz CT molecular complexity index is 1010. The van der Waals surface area contributed by atoms with Crippen LogP contribution in [0.5, 0.6) is 5.75 Å². The molecular formula is C20H23Cl2N4O8+. The van der Waals surface area contributed by atoms with Gasteiger partial charge in [0.15, 0.2) is 5.75 Å². The van der Waals surface area contributed by atoms with E-state index in [1.54, 1.807) is 0 Å². The molecule has 12 nitrogen and oxygen atoms in total. The lowest BCUT2D eigenvalue weighted by Crippen LogP contribution is -2.60. The van der Waals surface area contributed by atoms with Crippen molar-refractivity contribution in [2.24, 2.45) is 0 Å². The Labute approximate surface area is 203 Å². The van der Waals surface area contributed by atoms with Crippen molar-refractivity contribution in [1.29, 1.82) is 0 Å². The first-order valence-corrected chi connectivity index (χ1v) is 10.7. The predicted octanol–water partition coefficient (Wildman–Crippen LogP) is -0.493. The standard InChI is InChI=1S/C20H22Cl2N4O8/c1-9(18(32)23-11(8-27)7-16(29)30)26-20(34)14(3-4-15(28)25(26)2)24-19(33)10-5-12(21)17(31)13(22)6-10/h5-6,8-9,11,14,31H,3-4,7H2,1-2H3,(H,23,32)(H,24,33)(H,29,30)/p+1/t9?,11-,14-/m0/s1. The van der Waals surface area contributed by atoms with Crippen LogP contribution in [0.1, 0.15) is 36.5 Å². The summed E-state index contributed by atoms with van der Waals surface area (Å²) in [6, 6.07) is -1.49. The summed E-state index contributed by atoms with van der Waals surface area (Å²) in [4.78, 5) is 73.1. The Hall–Kier alpha value is -3.38. The molecular weight excluding hydrogens is 495 g/mol. The van der Waals surface area contributed by atoms with Crippen LogP contribution in [0.4, 0.5) is 0 Å². The molecule has 0 saturated carbocycles. The molecule has 14 heteroatoms. The highest BCUT2D eigenvalue weighted by Gasteiger charge is 2.40. The average molecular weight is 518 g/mol. The average Bonchev–Trinajstić information content (AvgIpc) is 2.87. The smallest absolute Gasteiger partial charge is 0.518 e. The zero-order chi connectivity index (χ0) is 25.7. The molecule has 1 aromatic carbocycles. The van der Waals surface area contributed by atoms with E-state index in [0.717, 1.165) is 22.2 Å². The van der Waals surface area contributed by atoms with E-state index in [-0.39, 0.29) is 34.7 Å². The van der Waals surface area contributed by atoms with Gasteiger partial charge in [-0.05, 0) is 25.5 Å². The minimum Gasteiger partial charge on any atom is -0.565 e. The van der Waals surface area contributed by atoms with Crippen molar-refractivity contribution in [2.45, 2.75) is 44.3 Å². The van der Waals surface area contributed by atoms with Gasteiger partial charge in [-0.2, -0.15) is 0 Å². The van der Waals surface area contributed by atoms with Crippen LogP contribution in [-0.4, -0.2) is 81.3 Å². The van der Waals surface area contributed by atoms with Crippen molar-refractivity contribution in [2.75, 3.05) is 7.05 Å². The Balaban J connectivity index is 2.25. The van der Waals surface area contributed by atoms with Crippen LogP contribution < -0.4 is 10.6 Å². The Morgan fingerprint density at radius 3 is 2.38 bits per heavy atom. The lowest BCUT2D eigenvalue weighted by Gasteiger charge is -2.35. The summed E-state index contributed by atoms with van der Waals surface area (Å²) in [5.41, 5.74) is -0.0456. The maximum absolute atomic E-state index is 13.2. The van der Waals surface area contributed by atoms with E-state index < -0.39 is 59.9 Å². The van der Waals surface area contributed by atoms with Crippen molar-refractivity contribution in [3.63, 3.8) is 0 Å². The number of carbonyl (C=O) groups is 6. The fourth-order valence-electron chi connectivity index (χ4n) is 3.25. The molecule has 184 valence electrons. The number of nitrogens with one attached hydrogen (secondary N) is 2. The summed E-state index contributed by atoms with van der Waals surface area (Å²) in [6.45, 7) is 1.30. The largest absolute Gasteiger partial charge is 0.565 e. The van der Waals surface area contributed by atoms with Crippen LogP contribution in [-0.2, 0) is 24.0 Å². The molecule has 0 bridgehead atoms. The van der Waals surface area contributed by atoms with Gasteiger partial charge in [-0.25, -0.2) is 5.01 Å². The Kier molecular flexibility index (Phi) is 8.82. The molecule has 1 fully saturated rings. The van der Waals surface area contributed by atoms with E-state index in [1.165, 1.54) is 14.0 Å². The predicted molar refractivity (Wildman–Crippen MR) is 119 cm³/mol. The van der Waals surface area contributed by atoms with Crippen LogP contribution in [0.25, 0.3) is 0 Å². The van der Waals surface area contributed by atoms with Gasteiger partial charge in [0.1, 0.15) is 30.8 Å². The first-order chi connectivity index (χ1) is 15.9. The highest BCUT2D eigenvalue weighted by Crippen LogP contribution is 2.32. The SMILES string of the molecule is CC(C(=O)N[C@H](C=O)CC(=O)[OH2+])N1C(=O)[C@@H](NC(=O)c2cc(Cl)c(O)c(Cl)c2)CCC(=O)N1C. The molecule has 34 heavy (non-hydrogen) atoms. The number of hydrogen-bond acceptors (Lipinski definition) is 7. The minimum atomic E-state index is -1.31. The number of benzene rings is 1. The molecule has 1 aromatic rings. The first-order valence-electron chi connectivity index (χ1n) is 9.95. The van der Waals surface area contributed by atoms with E-state index in [4.69, 9.17) is 28.3 Å². The molecule has 1 saturated heterocycles. The van der Waals surface area contributed by atoms with Crippen LogP contribution in [0, 0.1) is 0 Å². The van der Waals surface area contributed by atoms with Crippen LogP contribution in [0.2, 0.25) is 10.0 Å². The molecule has 0 radical (unpaired) electrons. The highest BCUT2D eigenvalue weighted by atomic mass is 35.5.